The van der Waals surface area contributed by atoms with Gasteiger partial charge >= 0.3 is 11.9 Å². The number of esters is 2. The SMILES string of the molecule is C/C(N)=C/C(=O)OCCOC(=O)c1ccccc1. The Morgan fingerprint density at radius 3 is 2.39 bits per heavy atom. The smallest absolute Gasteiger partial charge is 0.338 e. The number of benzene rings is 1. The second-order valence-corrected chi connectivity index (χ2v) is 3.56. The molecule has 0 saturated heterocycles. The minimum atomic E-state index is -0.550. The molecule has 5 nitrogen and oxygen atoms in total. The van der Waals surface area contributed by atoms with Crippen LogP contribution in [-0.2, 0) is 14.3 Å². The number of hydrogen-bond acceptors (Lipinski definition) is 5. The van der Waals surface area contributed by atoms with Gasteiger partial charge in [0, 0.05) is 11.8 Å². The molecule has 18 heavy (non-hydrogen) atoms. The van der Waals surface area contributed by atoms with Gasteiger partial charge in [-0.3, -0.25) is 0 Å². The lowest BCUT2D eigenvalue weighted by molar-refractivity contribution is -0.138. The van der Waals surface area contributed by atoms with Gasteiger partial charge in [0.1, 0.15) is 13.2 Å². The van der Waals surface area contributed by atoms with Crippen LogP contribution in [0.2, 0.25) is 0 Å². The molecular formula is C13H15NO4. The van der Waals surface area contributed by atoms with Crippen molar-refractivity contribution < 1.29 is 19.1 Å². The molecule has 0 fully saturated rings. The van der Waals surface area contributed by atoms with E-state index in [9.17, 15) is 9.59 Å². The predicted octanol–water partition coefficient (Wildman–Crippen LogP) is 1.25. The van der Waals surface area contributed by atoms with Gasteiger partial charge in [-0.25, -0.2) is 9.59 Å². The summed E-state index contributed by atoms with van der Waals surface area (Å²) in [6, 6.07) is 8.58. The van der Waals surface area contributed by atoms with Gasteiger partial charge in [0.05, 0.1) is 5.56 Å². The maximum absolute atomic E-state index is 11.5. The van der Waals surface area contributed by atoms with Gasteiger partial charge < -0.3 is 15.2 Å². The van der Waals surface area contributed by atoms with E-state index in [1.165, 1.54) is 6.08 Å². The zero-order valence-electron chi connectivity index (χ0n) is 10.1. The number of ether oxygens (including phenoxy) is 2. The molecule has 1 aromatic carbocycles. The second kappa shape index (κ2) is 7.11. The maximum Gasteiger partial charge on any atom is 0.338 e. The van der Waals surface area contributed by atoms with E-state index in [0.717, 1.165) is 0 Å². The van der Waals surface area contributed by atoms with Crippen LogP contribution in [0.3, 0.4) is 0 Å². The molecule has 0 amide bonds. The van der Waals surface area contributed by atoms with Gasteiger partial charge in [-0.2, -0.15) is 0 Å². The number of nitrogens with two attached hydrogens (primary N) is 1. The van der Waals surface area contributed by atoms with Crippen LogP contribution < -0.4 is 5.73 Å². The van der Waals surface area contributed by atoms with E-state index < -0.39 is 11.9 Å². The molecule has 0 spiro atoms. The lowest BCUT2D eigenvalue weighted by atomic mass is 10.2. The van der Waals surface area contributed by atoms with E-state index in [1.807, 2.05) is 0 Å². The molecule has 0 atom stereocenters. The van der Waals surface area contributed by atoms with Gasteiger partial charge in [-0.05, 0) is 19.1 Å². The summed E-state index contributed by atoms with van der Waals surface area (Å²) in [5.74, 6) is -0.997. The maximum atomic E-state index is 11.5. The topological polar surface area (TPSA) is 78.6 Å². The summed E-state index contributed by atoms with van der Waals surface area (Å²) in [7, 11) is 0. The van der Waals surface area contributed by atoms with Crippen molar-refractivity contribution in [2.75, 3.05) is 13.2 Å². The first kappa shape index (κ1) is 13.8. The number of carbonyl (C=O) groups excluding carboxylic acids is 2. The fraction of sp³-hybridized carbons (Fsp3) is 0.231. The third-order valence-corrected chi connectivity index (χ3v) is 1.92. The Balaban J connectivity index is 2.25. The summed E-state index contributed by atoms with van der Waals surface area (Å²) in [6.07, 6.45) is 1.17. The van der Waals surface area contributed by atoms with Crippen LogP contribution in [0.25, 0.3) is 0 Å². The first-order valence-electron chi connectivity index (χ1n) is 5.42. The van der Waals surface area contributed by atoms with Gasteiger partial charge in [0.25, 0.3) is 0 Å². The third-order valence-electron chi connectivity index (χ3n) is 1.92. The minimum Gasteiger partial charge on any atom is -0.459 e. The fourth-order valence-electron chi connectivity index (χ4n) is 1.16. The summed E-state index contributed by atoms with van der Waals surface area (Å²) in [5.41, 5.74) is 6.12. The molecule has 5 heteroatoms. The monoisotopic (exact) mass is 249 g/mol. The van der Waals surface area contributed by atoms with Gasteiger partial charge in [-0.15, -0.1) is 0 Å². The third kappa shape index (κ3) is 5.16. The first-order chi connectivity index (χ1) is 8.59. The molecule has 0 aromatic heterocycles. The lowest BCUT2D eigenvalue weighted by Gasteiger charge is -2.05. The van der Waals surface area contributed by atoms with Gasteiger partial charge in [0.15, 0.2) is 0 Å². The van der Waals surface area contributed by atoms with E-state index in [2.05, 4.69) is 0 Å². The Morgan fingerprint density at radius 1 is 1.17 bits per heavy atom. The number of hydrogen-bond donors (Lipinski definition) is 1. The first-order valence-corrected chi connectivity index (χ1v) is 5.42. The van der Waals surface area contributed by atoms with Gasteiger partial charge in [-0.1, -0.05) is 18.2 Å². The van der Waals surface area contributed by atoms with Crippen molar-refractivity contribution in [3.05, 3.63) is 47.7 Å². The van der Waals surface area contributed by atoms with Crippen molar-refractivity contribution in [3.63, 3.8) is 0 Å². The molecule has 96 valence electrons. The van der Waals surface area contributed by atoms with Crippen LogP contribution in [0.15, 0.2) is 42.1 Å². The van der Waals surface area contributed by atoms with Crippen LogP contribution in [0, 0.1) is 0 Å². The van der Waals surface area contributed by atoms with E-state index in [0.29, 0.717) is 11.3 Å². The highest BCUT2D eigenvalue weighted by Gasteiger charge is 2.06. The zero-order valence-corrected chi connectivity index (χ0v) is 10.1. The molecule has 1 rings (SSSR count). The summed E-state index contributed by atoms with van der Waals surface area (Å²) in [4.78, 5) is 22.5. The molecule has 0 unspecified atom stereocenters. The Bertz CT molecular complexity index is 436. The molecule has 0 bridgehead atoms. The average Bonchev–Trinajstić information content (AvgIpc) is 2.34. The van der Waals surface area contributed by atoms with Crippen molar-refractivity contribution in [3.8, 4) is 0 Å². The van der Waals surface area contributed by atoms with E-state index in [4.69, 9.17) is 15.2 Å². The van der Waals surface area contributed by atoms with Gasteiger partial charge in [0.2, 0.25) is 0 Å². The molecule has 0 aliphatic carbocycles. The summed E-state index contributed by atoms with van der Waals surface area (Å²) >= 11 is 0. The molecule has 0 aliphatic rings. The normalized spacial score (nSPS) is 10.8. The predicted molar refractivity (Wildman–Crippen MR) is 65.6 cm³/mol. The molecule has 0 radical (unpaired) electrons. The molecule has 0 aliphatic heterocycles. The van der Waals surface area contributed by atoms with Crippen molar-refractivity contribution in [2.24, 2.45) is 5.73 Å². The Morgan fingerprint density at radius 2 is 1.78 bits per heavy atom. The Kier molecular flexibility index (Phi) is 5.44. The molecule has 1 aromatic rings. The number of carbonyl (C=O) groups is 2. The highest BCUT2D eigenvalue weighted by molar-refractivity contribution is 5.89. The van der Waals surface area contributed by atoms with Crippen LogP contribution in [0.4, 0.5) is 0 Å². The van der Waals surface area contributed by atoms with Crippen LogP contribution in [0.1, 0.15) is 17.3 Å². The molecule has 0 heterocycles. The molecular weight excluding hydrogens is 234 g/mol. The van der Waals surface area contributed by atoms with E-state index in [-0.39, 0.29) is 13.2 Å². The standard InChI is InChI=1S/C13H15NO4/c1-10(14)9-12(15)17-7-8-18-13(16)11-5-3-2-4-6-11/h2-6,9H,7-8,14H2,1H3/b10-9-. The van der Waals surface area contributed by atoms with Crippen molar-refractivity contribution in [2.45, 2.75) is 6.92 Å². The van der Waals surface area contributed by atoms with E-state index in [1.54, 1.807) is 37.3 Å². The van der Waals surface area contributed by atoms with E-state index >= 15 is 0 Å². The van der Waals surface area contributed by atoms with Crippen LogP contribution in [0.5, 0.6) is 0 Å². The highest BCUT2D eigenvalue weighted by atomic mass is 16.6. The van der Waals surface area contributed by atoms with Crippen molar-refractivity contribution >= 4 is 11.9 Å². The highest BCUT2D eigenvalue weighted by Crippen LogP contribution is 2.00. The quantitative estimate of drug-likeness (QED) is 0.482. The summed E-state index contributed by atoms with van der Waals surface area (Å²) in [5, 5.41) is 0. The largest absolute Gasteiger partial charge is 0.459 e. The summed E-state index contributed by atoms with van der Waals surface area (Å²) < 4.78 is 9.68. The number of allylic oxidation sites excluding steroid dienone is 1. The molecule has 2 N–H and O–H groups in total. The van der Waals surface area contributed by atoms with Crippen LogP contribution in [-0.4, -0.2) is 25.2 Å². The van der Waals surface area contributed by atoms with Crippen molar-refractivity contribution in [1.82, 2.24) is 0 Å². The lowest BCUT2D eigenvalue weighted by Crippen LogP contribution is -2.13. The molecule has 0 saturated carbocycles. The fourth-order valence-corrected chi connectivity index (χ4v) is 1.16. The average molecular weight is 249 g/mol. The minimum absolute atomic E-state index is 0.00118. The Labute approximate surface area is 105 Å². The second-order valence-electron chi connectivity index (χ2n) is 3.56. The summed E-state index contributed by atoms with van der Waals surface area (Å²) in [6.45, 7) is 1.59. The van der Waals surface area contributed by atoms with Crippen molar-refractivity contribution in [1.29, 1.82) is 0 Å². The zero-order chi connectivity index (χ0) is 13.4. The van der Waals surface area contributed by atoms with Crippen LogP contribution >= 0.6 is 0 Å². The number of rotatable bonds is 5. The Hall–Kier alpha value is -2.30.